The van der Waals surface area contributed by atoms with Gasteiger partial charge in [-0.05, 0) is 0 Å². The van der Waals surface area contributed by atoms with E-state index in [1.165, 1.54) is 22.3 Å². The van der Waals surface area contributed by atoms with Crippen molar-refractivity contribution in [2.24, 2.45) is 0 Å². The fourth-order valence-electron chi connectivity index (χ4n) is 2.51. The van der Waals surface area contributed by atoms with Crippen LogP contribution in [0, 0.1) is 12.1 Å². The Bertz CT molecular complexity index is 644. The Kier molecular flexibility index (Phi) is 21.1. The van der Waals surface area contributed by atoms with E-state index < -0.39 is 0 Å². The summed E-state index contributed by atoms with van der Waals surface area (Å²) in [5.74, 6) is 1.22. The van der Waals surface area contributed by atoms with Crippen LogP contribution >= 0.6 is 0 Å². The van der Waals surface area contributed by atoms with Crippen molar-refractivity contribution in [1.29, 1.82) is 0 Å². The minimum atomic E-state index is 0. The zero-order chi connectivity index (χ0) is 20.1. The summed E-state index contributed by atoms with van der Waals surface area (Å²) in [4.78, 5) is 0. The number of hydrogen-bond donors (Lipinski definition) is 0. The Morgan fingerprint density at radius 3 is 1.13 bits per heavy atom. The predicted molar refractivity (Wildman–Crippen MR) is 128 cm³/mol. The van der Waals surface area contributed by atoms with Gasteiger partial charge >= 0.3 is 46.1 Å². The molecule has 0 radical (unpaired) electrons. The molecule has 0 atom stereocenters. The first-order valence-corrected chi connectivity index (χ1v) is 9.85. The standard InChI is InChI=1S/C14H21.C12H17.2BrH.2Mg/c1-13(2,3)11-8-7-9-12(10-11)14(4,5)6;1-9(2)11-6-5-7-12(8-11)10(3)4;;;;/h8-10H,1-6H3;6-10H,1-4H3;2*1H;;/q2*-1;;;2*+2/p-2. The van der Waals surface area contributed by atoms with Gasteiger partial charge in [-0.25, -0.2) is 0 Å². The predicted octanol–water partition coefficient (Wildman–Crippen LogP) is 1.06. The number of benzene rings is 2. The SMILES string of the molecule is CC(C)(C)c1c[c-]cc(C(C)(C)C)c1.CC(C)c1c[c-]cc(C(C)C)c1.[Br-].[Br-].[Mg+2].[Mg+2]. The smallest absolute Gasteiger partial charge is 1.00 e. The molecule has 0 aromatic heterocycles. The number of rotatable bonds is 2. The van der Waals surface area contributed by atoms with Crippen LogP contribution in [-0.4, -0.2) is 46.1 Å². The zero-order valence-electron chi connectivity index (χ0n) is 20.8. The molecule has 0 aliphatic heterocycles. The minimum absolute atomic E-state index is 0. The molecule has 0 spiro atoms. The van der Waals surface area contributed by atoms with Crippen LogP contribution in [0.2, 0.25) is 0 Å². The van der Waals surface area contributed by atoms with E-state index in [4.69, 9.17) is 0 Å². The molecule has 0 nitrogen and oxygen atoms in total. The molecular formula is C26H38Br2Mg2. The molecule has 0 amide bonds. The summed E-state index contributed by atoms with van der Waals surface area (Å²) in [6, 6.07) is 19.4. The van der Waals surface area contributed by atoms with Gasteiger partial charge in [-0.2, -0.15) is 70.8 Å². The van der Waals surface area contributed by atoms with Crippen LogP contribution in [0.15, 0.2) is 36.4 Å². The fraction of sp³-hybridized carbons (Fsp3) is 0.538. The largest absolute Gasteiger partial charge is 2.00 e. The fourth-order valence-corrected chi connectivity index (χ4v) is 2.51. The summed E-state index contributed by atoms with van der Waals surface area (Å²) in [5, 5.41) is 0. The molecule has 0 fully saturated rings. The van der Waals surface area contributed by atoms with Crippen LogP contribution in [0.25, 0.3) is 0 Å². The molecule has 2 aromatic carbocycles. The van der Waals surface area contributed by atoms with Crippen molar-refractivity contribution in [2.75, 3.05) is 0 Å². The molecule has 160 valence electrons. The molecule has 0 bridgehead atoms. The molecule has 0 aliphatic rings. The first-order valence-electron chi connectivity index (χ1n) is 9.85. The van der Waals surface area contributed by atoms with E-state index in [1.54, 1.807) is 0 Å². The number of halogens is 2. The van der Waals surface area contributed by atoms with Gasteiger partial charge in [0.25, 0.3) is 0 Å². The maximum Gasteiger partial charge on any atom is 2.00 e. The van der Waals surface area contributed by atoms with Crippen molar-refractivity contribution in [3.63, 3.8) is 0 Å². The van der Waals surface area contributed by atoms with Gasteiger partial charge in [0.1, 0.15) is 0 Å². The summed E-state index contributed by atoms with van der Waals surface area (Å²) in [5.41, 5.74) is 5.95. The van der Waals surface area contributed by atoms with E-state index in [2.05, 4.69) is 118 Å². The van der Waals surface area contributed by atoms with Crippen LogP contribution in [0.1, 0.15) is 103 Å². The van der Waals surface area contributed by atoms with Crippen molar-refractivity contribution in [1.82, 2.24) is 0 Å². The van der Waals surface area contributed by atoms with Gasteiger partial charge in [-0.3, -0.25) is 0 Å². The second kappa shape index (κ2) is 16.5. The van der Waals surface area contributed by atoms with Crippen LogP contribution in [0.5, 0.6) is 0 Å². The van der Waals surface area contributed by atoms with Crippen molar-refractivity contribution < 1.29 is 34.0 Å². The average Bonchev–Trinajstić information content (AvgIpc) is 2.54. The van der Waals surface area contributed by atoms with Gasteiger partial charge in [0.15, 0.2) is 0 Å². The van der Waals surface area contributed by atoms with E-state index in [0.29, 0.717) is 11.8 Å². The maximum atomic E-state index is 3.24. The minimum Gasteiger partial charge on any atom is -1.00 e. The van der Waals surface area contributed by atoms with Gasteiger partial charge in [0.2, 0.25) is 0 Å². The summed E-state index contributed by atoms with van der Waals surface area (Å²) in [6.07, 6.45) is 0. The molecule has 0 heterocycles. The first-order chi connectivity index (χ1) is 11.8. The molecular weight excluding hydrogens is 521 g/mol. The van der Waals surface area contributed by atoms with Gasteiger partial charge in [-0.15, -0.1) is 0 Å². The molecule has 30 heavy (non-hydrogen) atoms. The Balaban J connectivity index is -0.000000200. The molecule has 4 heteroatoms. The molecule has 2 rings (SSSR count). The number of hydrogen-bond acceptors (Lipinski definition) is 0. The summed E-state index contributed by atoms with van der Waals surface area (Å²) in [7, 11) is 0. The normalized spacial score (nSPS) is 10.5. The third-order valence-corrected chi connectivity index (χ3v) is 4.69. The molecule has 0 saturated carbocycles. The topological polar surface area (TPSA) is 0 Å². The Morgan fingerprint density at radius 2 is 0.867 bits per heavy atom. The van der Waals surface area contributed by atoms with Crippen molar-refractivity contribution >= 4 is 46.1 Å². The first kappa shape index (κ1) is 38.2. The molecule has 0 unspecified atom stereocenters. The molecule has 0 aliphatic carbocycles. The molecule has 2 aromatic rings. The molecule has 0 saturated heterocycles. The van der Waals surface area contributed by atoms with Gasteiger partial charge in [-0.1, -0.05) is 91.9 Å². The zero-order valence-corrected chi connectivity index (χ0v) is 26.8. The van der Waals surface area contributed by atoms with E-state index in [0.717, 1.165) is 0 Å². The van der Waals surface area contributed by atoms with Gasteiger partial charge in [0.05, 0.1) is 0 Å². The van der Waals surface area contributed by atoms with Crippen LogP contribution in [0.3, 0.4) is 0 Å². The second-order valence-electron chi connectivity index (χ2n) is 9.92. The Morgan fingerprint density at radius 1 is 0.567 bits per heavy atom. The molecule has 0 N–H and O–H groups in total. The van der Waals surface area contributed by atoms with E-state index in [9.17, 15) is 0 Å². The van der Waals surface area contributed by atoms with Gasteiger partial charge < -0.3 is 34.0 Å². The van der Waals surface area contributed by atoms with Gasteiger partial charge in [0, 0.05) is 0 Å². The van der Waals surface area contributed by atoms with Crippen LogP contribution in [-0.2, 0) is 10.8 Å². The summed E-state index contributed by atoms with van der Waals surface area (Å²) < 4.78 is 0. The van der Waals surface area contributed by atoms with E-state index >= 15 is 0 Å². The van der Waals surface area contributed by atoms with Crippen LogP contribution < -0.4 is 34.0 Å². The third kappa shape index (κ3) is 13.5. The maximum absolute atomic E-state index is 3.24. The van der Waals surface area contributed by atoms with Crippen molar-refractivity contribution in [3.05, 3.63) is 70.8 Å². The average molecular weight is 559 g/mol. The second-order valence-corrected chi connectivity index (χ2v) is 9.92. The van der Waals surface area contributed by atoms with Crippen molar-refractivity contribution in [2.45, 2.75) is 91.9 Å². The Labute approximate surface area is 240 Å². The van der Waals surface area contributed by atoms with E-state index in [-0.39, 0.29) is 90.9 Å². The third-order valence-electron chi connectivity index (χ3n) is 4.69. The monoisotopic (exact) mass is 556 g/mol. The quantitative estimate of drug-likeness (QED) is 0.382. The van der Waals surface area contributed by atoms with Crippen LogP contribution in [0.4, 0.5) is 0 Å². The summed E-state index contributed by atoms with van der Waals surface area (Å²) >= 11 is 0. The van der Waals surface area contributed by atoms with Crippen molar-refractivity contribution in [3.8, 4) is 0 Å². The van der Waals surface area contributed by atoms with E-state index in [1.807, 2.05) is 0 Å². The summed E-state index contributed by atoms with van der Waals surface area (Å²) in [6.45, 7) is 22.3. The Hall–Kier alpha value is 0.932.